The van der Waals surface area contributed by atoms with E-state index < -0.39 is 0 Å². The average molecular weight is 329 g/mol. The number of nitrogens with one attached hydrogen (secondary N) is 1. The van der Waals surface area contributed by atoms with Crippen LogP contribution in [0.25, 0.3) is 0 Å². The molecule has 1 aromatic rings. The number of hydrogen-bond acceptors (Lipinski definition) is 2. The van der Waals surface area contributed by atoms with Crippen LogP contribution in [0.5, 0.6) is 0 Å². The Balaban J connectivity index is 1.59. The van der Waals surface area contributed by atoms with Crippen LogP contribution in [0, 0.1) is 24.7 Å². The summed E-state index contributed by atoms with van der Waals surface area (Å²) >= 11 is 0. The molecule has 1 amide bonds. The first-order valence-electron chi connectivity index (χ1n) is 9.47. The van der Waals surface area contributed by atoms with Crippen molar-refractivity contribution < 1.29 is 4.79 Å². The van der Waals surface area contributed by atoms with Crippen molar-refractivity contribution in [2.24, 2.45) is 23.5 Å². The Morgan fingerprint density at radius 2 is 1.92 bits per heavy atom. The van der Waals surface area contributed by atoms with E-state index in [1.165, 1.54) is 30.4 Å². The lowest BCUT2D eigenvalue weighted by molar-refractivity contribution is -0.128. The van der Waals surface area contributed by atoms with Crippen LogP contribution in [-0.2, 0) is 10.2 Å². The van der Waals surface area contributed by atoms with Crippen molar-refractivity contribution in [3.63, 3.8) is 0 Å². The predicted octanol–water partition coefficient (Wildman–Crippen LogP) is 3.54. The number of carbonyl (C=O) groups is 1. The van der Waals surface area contributed by atoms with E-state index in [2.05, 4.69) is 50.4 Å². The molecule has 1 aromatic carbocycles. The molecule has 0 saturated heterocycles. The lowest BCUT2D eigenvalue weighted by Crippen LogP contribution is -2.50. The van der Waals surface area contributed by atoms with E-state index in [4.69, 9.17) is 5.73 Å². The maximum atomic E-state index is 12.7. The number of benzene rings is 1. The lowest BCUT2D eigenvalue weighted by Gasteiger charge is -2.43. The zero-order valence-electron chi connectivity index (χ0n) is 15.3. The molecule has 24 heavy (non-hydrogen) atoms. The molecule has 2 saturated carbocycles. The van der Waals surface area contributed by atoms with E-state index in [1.807, 2.05) is 0 Å². The monoisotopic (exact) mass is 328 g/mol. The van der Waals surface area contributed by atoms with Crippen LogP contribution in [-0.4, -0.2) is 18.5 Å². The molecule has 2 fully saturated rings. The molecule has 0 spiro atoms. The molecule has 2 aliphatic carbocycles. The summed E-state index contributed by atoms with van der Waals surface area (Å²) in [5.74, 6) is 1.50. The minimum Gasteiger partial charge on any atom is -0.355 e. The molecule has 3 rings (SSSR count). The molecule has 2 aliphatic rings. The van der Waals surface area contributed by atoms with E-state index in [-0.39, 0.29) is 17.2 Å². The number of nitrogens with two attached hydrogens (primary N) is 1. The van der Waals surface area contributed by atoms with Crippen LogP contribution < -0.4 is 11.1 Å². The minimum atomic E-state index is -0.0530. The van der Waals surface area contributed by atoms with Gasteiger partial charge in [-0.15, -0.1) is 0 Å². The topological polar surface area (TPSA) is 55.1 Å². The number of hydrogen-bond donors (Lipinski definition) is 2. The summed E-state index contributed by atoms with van der Waals surface area (Å²) in [5.41, 5.74) is 8.84. The molecule has 132 valence electrons. The number of carbonyl (C=O) groups excluding carboxylic acids is 1. The minimum absolute atomic E-state index is 0.0530. The molecule has 0 radical (unpaired) electrons. The van der Waals surface area contributed by atoms with Crippen LogP contribution in [0.15, 0.2) is 24.3 Å². The molecule has 0 heterocycles. The van der Waals surface area contributed by atoms with Crippen molar-refractivity contribution in [3.8, 4) is 0 Å². The van der Waals surface area contributed by atoms with Gasteiger partial charge in [0.05, 0.1) is 0 Å². The summed E-state index contributed by atoms with van der Waals surface area (Å²) in [5, 5.41) is 3.23. The Morgan fingerprint density at radius 3 is 2.54 bits per heavy atom. The van der Waals surface area contributed by atoms with Crippen molar-refractivity contribution in [2.75, 3.05) is 6.54 Å². The van der Waals surface area contributed by atoms with Gasteiger partial charge in [0.1, 0.15) is 0 Å². The molecule has 2 bridgehead atoms. The second-order valence-corrected chi connectivity index (χ2v) is 8.67. The molecular weight excluding hydrogens is 296 g/mol. The first-order chi connectivity index (χ1) is 11.4. The Bertz CT molecular complexity index is 581. The van der Waals surface area contributed by atoms with Crippen LogP contribution in [0.3, 0.4) is 0 Å². The van der Waals surface area contributed by atoms with E-state index in [1.54, 1.807) is 0 Å². The third-order valence-electron chi connectivity index (χ3n) is 6.29. The normalized spacial score (nSPS) is 30.0. The molecule has 3 heteroatoms. The largest absolute Gasteiger partial charge is 0.355 e. The number of fused-ring (bicyclic) bond motifs is 2. The number of aryl methyl sites for hydroxylation is 1. The maximum Gasteiger partial charge on any atom is 0.223 e. The second-order valence-electron chi connectivity index (χ2n) is 8.67. The van der Waals surface area contributed by atoms with E-state index in [0.717, 1.165) is 12.8 Å². The summed E-state index contributed by atoms with van der Waals surface area (Å²) in [6.07, 6.45) is 5.66. The van der Waals surface area contributed by atoms with Crippen molar-refractivity contribution in [2.45, 2.75) is 64.3 Å². The zero-order valence-corrected chi connectivity index (χ0v) is 15.3. The number of amides is 1. The molecule has 0 aliphatic heterocycles. The standard InChI is InChI=1S/C21H32N2O/c1-14-6-4-9-18(10-14)21(2,3)13-23-20(24)17-11-15-7-5-8-16(12-17)19(15)22/h4,6,9-10,15-17,19H,5,7-8,11-13,22H2,1-3H3,(H,23,24). The van der Waals surface area contributed by atoms with Gasteiger partial charge in [0, 0.05) is 23.9 Å². The fourth-order valence-corrected chi connectivity index (χ4v) is 4.62. The highest BCUT2D eigenvalue weighted by molar-refractivity contribution is 5.79. The predicted molar refractivity (Wildman–Crippen MR) is 98.7 cm³/mol. The summed E-state index contributed by atoms with van der Waals surface area (Å²) < 4.78 is 0. The van der Waals surface area contributed by atoms with E-state index >= 15 is 0 Å². The quantitative estimate of drug-likeness (QED) is 0.888. The Morgan fingerprint density at radius 1 is 1.25 bits per heavy atom. The molecule has 0 aromatic heterocycles. The highest BCUT2D eigenvalue weighted by Crippen LogP contribution is 2.41. The van der Waals surface area contributed by atoms with Gasteiger partial charge < -0.3 is 11.1 Å². The zero-order chi connectivity index (χ0) is 17.3. The Kier molecular flexibility index (Phi) is 5.00. The molecule has 3 nitrogen and oxygen atoms in total. The van der Waals surface area contributed by atoms with Crippen molar-refractivity contribution >= 4 is 5.91 Å². The highest BCUT2D eigenvalue weighted by Gasteiger charge is 2.40. The van der Waals surface area contributed by atoms with Crippen LogP contribution in [0.4, 0.5) is 0 Å². The second kappa shape index (κ2) is 6.87. The summed E-state index contributed by atoms with van der Waals surface area (Å²) in [4.78, 5) is 12.7. The van der Waals surface area contributed by atoms with Crippen LogP contribution >= 0.6 is 0 Å². The molecule has 2 unspecified atom stereocenters. The maximum absolute atomic E-state index is 12.7. The third kappa shape index (κ3) is 3.66. The molecular formula is C21H32N2O. The van der Waals surface area contributed by atoms with Gasteiger partial charge in [-0.1, -0.05) is 50.1 Å². The average Bonchev–Trinajstić information content (AvgIpc) is 2.52. The Hall–Kier alpha value is -1.35. The lowest BCUT2D eigenvalue weighted by atomic mass is 9.65. The SMILES string of the molecule is Cc1cccc(C(C)(C)CNC(=O)C2CC3CCCC(C2)C3N)c1. The van der Waals surface area contributed by atoms with E-state index in [0.29, 0.717) is 24.4 Å². The summed E-state index contributed by atoms with van der Waals surface area (Å²) in [7, 11) is 0. The van der Waals surface area contributed by atoms with Gasteiger partial charge in [-0.05, 0) is 50.0 Å². The van der Waals surface area contributed by atoms with Gasteiger partial charge in [0.25, 0.3) is 0 Å². The fraction of sp³-hybridized carbons (Fsp3) is 0.667. The van der Waals surface area contributed by atoms with Crippen molar-refractivity contribution in [1.82, 2.24) is 5.32 Å². The summed E-state index contributed by atoms with van der Waals surface area (Å²) in [6.45, 7) is 7.20. The number of rotatable bonds is 4. The van der Waals surface area contributed by atoms with E-state index in [9.17, 15) is 4.79 Å². The highest BCUT2D eigenvalue weighted by atomic mass is 16.1. The van der Waals surface area contributed by atoms with Crippen LogP contribution in [0.1, 0.15) is 57.1 Å². The first-order valence-corrected chi connectivity index (χ1v) is 9.47. The third-order valence-corrected chi connectivity index (χ3v) is 6.29. The van der Waals surface area contributed by atoms with Gasteiger partial charge in [-0.3, -0.25) is 4.79 Å². The van der Waals surface area contributed by atoms with Gasteiger partial charge in [-0.25, -0.2) is 0 Å². The molecule has 2 atom stereocenters. The first kappa shape index (κ1) is 17.5. The van der Waals surface area contributed by atoms with Gasteiger partial charge in [0.15, 0.2) is 0 Å². The Labute approximate surface area is 146 Å². The fourth-order valence-electron chi connectivity index (χ4n) is 4.62. The van der Waals surface area contributed by atoms with Gasteiger partial charge >= 0.3 is 0 Å². The van der Waals surface area contributed by atoms with Gasteiger partial charge in [-0.2, -0.15) is 0 Å². The van der Waals surface area contributed by atoms with Gasteiger partial charge in [0.2, 0.25) is 5.91 Å². The smallest absolute Gasteiger partial charge is 0.223 e. The van der Waals surface area contributed by atoms with Crippen LogP contribution in [0.2, 0.25) is 0 Å². The van der Waals surface area contributed by atoms with Crippen molar-refractivity contribution in [1.29, 1.82) is 0 Å². The molecule has 3 N–H and O–H groups in total. The summed E-state index contributed by atoms with van der Waals surface area (Å²) in [6, 6.07) is 8.91. The van der Waals surface area contributed by atoms with Crippen molar-refractivity contribution in [3.05, 3.63) is 35.4 Å².